The lowest BCUT2D eigenvalue weighted by Gasteiger charge is -2.16. The zero-order valence-electron chi connectivity index (χ0n) is 8.62. The number of ether oxygens (including phenoxy) is 1. The Bertz CT molecular complexity index is 435. The van der Waals surface area contributed by atoms with E-state index in [2.05, 4.69) is 0 Å². The lowest BCUT2D eigenvalue weighted by atomic mass is 9.91. The summed E-state index contributed by atoms with van der Waals surface area (Å²) in [4.78, 5) is 11.3. The summed E-state index contributed by atoms with van der Waals surface area (Å²) in [6, 6.07) is 5.74. The zero-order chi connectivity index (χ0) is 10.8. The molecule has 0 atom stereocenters. The van der Waals surface area contributed by atoms with E-state index in [0.29, 0.717) is 6.42 Å². The van der Waals surface area contributed by atoms with E-state index in [9.17, 15) is 4.79 Å². The molecule has 3 nitrogen and oxygen atoms in total. The van der Waals surface area contributed by atoms with Gasteiger partial charge >= 0.3 is 5.97 Å². The Labute approximate surface area is 88.5 Å². The van der Waals surface area contributed by atoms with Crippen molar-refractivity contribution in [2.24, 2.45) is 0 Å². The smallest absolute Gasteiger partial charge is 0.333 e. The molecule has 0 saturated carbocycles. The maximum absolute atomic E-state index is 11.3. The summed E-state index contributed by atoms with van der Waals surface area (Å²) in [6.45, 7) is 0. The molecular weight excluding hydrogens is 190 g/mol. The number of anilines is 1. The SMILES string of the molecule is COC(=O)C1=Cc2cccc(N)c2CC1. The minimum atomic E-state index is -0.247. The van der Waals surface area contributed by atoms with Crippen molar-refractivity contribution < 1.29 is 9.53 Å². The average Bonchev–Trinajstić information content (AvgIpc) is 2.28. The molecule has 0 saturated heterocycles. The average molecular weight is 203 g/mol. The van der Waals surface area contributed by atoms with E-state index in [4.69, 9.17) is 10.5 Å². The predicted molar refractivity (Wildman–Crippen MR) is 59.2 cm³/mol. The number of nitrogens with two attached hydrogens (primary N) is 1. The monoisotopic (exact) mass is 203 g/mol. The number of nitrogen functional groups attached to an aromatic ring is 1. The van der Waals surface area contributed by atoms with Crippen molar-refractivity contribution in [3.8, 4) is 0 Å². The number of rotatable bonds is 1. The molecular formula is C12H13NO2. The van der Waals surface area contributed by atoms with E-state index in [1.54, 1.807) is 0 Å². The summed E-state index contributed by atoms with van der Waals surface area (Å²) in [6.07, 6.45) is 3.37. The molecule has 0 fully saturated rings. The van der Waals surface area contributed by atoms with Crippen LogP contribution in [-0.4, -0.2) is 13.1 Å². The molecule has 0 aromatic heterocycles. The molecule has 0 spiro atoms. The summed E-state index contributed by atoms with van der Waals surface area (Å²) in [7, 11) is 1.40. The van der Waals surface area contributed by atoms with E-state index in [1.165, 1.54) is 7.11 Å². The lowest BCUT2D eigenvalue weighted by Crippen LogP contribution is -2.11. The van der Waals surface area contributed by atoms with Crippen LogP contribution in [0.25, 0.3) is 6.08 Å². The summed E-state index contributed by atoms with van der Waals surface area (Å²) in [5, 5.41) is 0. The molecule has 1 aromatic carbocycles. The minimum Gasteiger partial charge on any atom is -0.466 e. The maximum atomic E-state index is 11.3. The highest BCUT2D eigenvalue weighted by Crippen LogP contribution is 2.28. The van der Waals surface area contributed by atoms with Crippen LogP contribution < -0.4 is 5.73 Å². The fourth-order valence-electron chi connectivity index (χ4n) is 1.86. The normalized spacial score (nSPS) is 14.1. The Morgan fingerprint density at radius 2 is 2.20 bits per heavy atom. The van der Waals surface area contributed by atoms with Crippen molar-refractivity contribution in [1.29, 1.82) is 0 Å². The quantitative estimate of drug-likeness (QED) is 0.559. The third-order valence-corrected chi connectivity index (χ3v) is 2.67. The van der Waals surface area contributed by atoms with Gasteiger partial charge < -0.3 is 10.5 Å². The fraction of sp³-hybridized carbons (Fsp3) is 0.250. The van der Waals surface area contributed by atoms with E-state index < -0.39 is 0 Å². The van der Waals surface area contributed by atoms with Crippen LogP contribution in [0.15, 0.2) is 23.8 Å². The van der Waals surface area contributed by atoms with Crippen LogP contribution in [0, 0.1) is 0 Å². The van der Waals surface area contributed by atoms with Gasteiger partial charge in [0.15, 0.2) is 0 Å². The molecule has 0 heterocycles. The number of carbonyl (C=O) groups excluding carboxylic acids is 1. The zero-order valence-corrected chi connectivity index (χ0v) is 8.62. The summed E-state index contributed by atoms with van der Waals surface area (Å²) >= 11 is 0. The van der Waals surface area contributed by atoms with Gasteiger partial charge in [0.1, 0.15) is 0 Å². The first kappa shape index (κ1) is 9.77. The number of fused-ring (bicyclic) bond motifs is 1. The molecule has 78 valence electrons. The molecule has 15 heavy (non-hydrogen) atoms. The summed E-state index contributed by atoms with van der Waals surface area (Å²) in [5.74, 6) is -0.247. The highest BCUT2D eigenvalue weighted by Gasteiger charge is 2.17. The van der Waals surface area contributed by atoms with Gasteiger partial charge in [0.2, 0.25) is 0 Å². The Hall–Kier alpha value is -1.77. The van der Waals surface area contributed by atoms with Crippen molar-refractivity contribution in [3.05, 3.63) is 34.9 Å². The van der Waals surface area contributed by atoms with Gasteiger partial charge in [-0.05, 0) is 36.1 Å². The Morgan fingerprint density at radius 1 is 1.40 bits per heavy atom. The maximum Gasteiger partial charge on any atom is 0.333 e. The van der Waals surface area contributed by atoms with Crippen LogP contribution in [0.2, 0.25) is 0 Å². The van der Waals surface area contributed by atoms with Crippen molar-refractivity contribution in [3.63, 3.8) is 0 Å². The highest BCUT2D eigenvalue weighted by atomic mass is 16.5. The van der Waals surface area contributed by atoms with Gasteiger partial charge in [-0.3, -0.25) is 0 Å². The van der Waals surface area contributed by atoms with Gasteiger partial charge in [0.25, 0.3) is 0 Å². The Kier molecular flexibility index (Phi) is 2.46. The molecule has 2 rings (SSSR count). The molecule has 0 unspecified atom stereocenters. The van der Waals surface area contributed by atoms with E-state index in [1.807, 2.05) is 24.3 Å². The number of carbonyl (C=O) groups is 1. The highest BCUT2D eigenvalue weighted by molar-refractivity contribution is 5.95. The molecule has 0 amide bonds. The Balaban J connectivity index is 2.42. The molecule has 3 heteroatoms. The minimum absolute atomic E-state index is 0.247. The second-order valence-electron chi connectivity index (χ2n) is 3.58. The first-order chi connectivity index (χ1) is 7.22. The van der Waals surface area contributed by atoms with Gasteiger partial charge in [-0.1, -0.05) is 12.1 Å². The van der Waals surface area contributed by atoms with E-state index >= 15 is 0 Å². The molecule has 1 aliphatic carbocycles. The lowest BCUT2D eigenvalue weighted by molar-refractivity contribution is -0.136. The second kappa shape index (κ2) is 3.77. The van der Waals surface area contributed by atoms with Gasteiger partial charge in [-0.2, -0.15) is 0 Å². The van der Waals surface area contributed by atoms with Gasteiger partial charge in [-0.15, -0.1) is 0 Å². The first-order valence-corrected chi connectivity index (χ1v) is 4.88. The van der Waals surface area contributed by atoms with Crippen LogP contribution in [0.1, 0.15) is 17.5 Å². The van der Waals surface area contributed by atoms with Crippen LogP contribution in [0.4, 0.5) is 5.69 Å². The van der Waals surface area contributed by atoms with Gasteiger partial charge in [0.05, 0.1) is 7.11 Å². The molecule has 0 aliphatic heterocycles. The fourth-order valence-corrected chi connectivity index (χ4v) is 1.86. The van der Waals surface area contributed by atoms with Crippen LogP contribution in [0.3, 0.4) is 0 Å². The predicted octanol–water partition coefficient (Wildman–Crippen LogP) is 1.77. The number of methoxy groups -OCH3 is 1. The number of esters is 1. The number of hydrogen-bond donors (Lipinski definition) is 1. The largest absolute Gasteiger partial charge is 0.466 e. The molecule has 0 bridgehead atoms. The molecule has 1 aromatic rings. The molecule has 0 radical (unpaired) electrons. The molecule has 1 aliphatic rings. The van der Waals surface area contributed by atoms with E-state index in [0.717, 1.165) is 28.8 Å². The topological polar surface area (TPSA) is 52.3 Å². The van der Waals surface area contributed by atoms with Crippen molar-refractivity contribution in [2.75, 3.05) is 12.8 Å². The first-order valence-electron chi connectivity index (χ1n) is 4.88. The van der Waals surface area contributed by atoms with Crippen LogP contribution >= 0.6 is 0 Å². The molecule has 2 N–H and O–H groups in total. The summed E-state index contributed by atoms with van der Waals surface area (Å²) in [5.41, 5.74) is 9.53. The summed E-state index contributed by atoms with van der Waals surface area (Å²) < 4.78 is 4.70. The standard InChI is InChI=1S/C12H13NO2/c1-15-12(14)9-5-6-10-8(7-9)3-2-4-11(10)13/h2-4,7H,5-6,13H2,1H3. The number of benzene rings is 1. The van der Waals surface area contributed by atoms with Crippen LogP contribution in [-0.2, 0) is 16.0 Å². The van der Waals surface area contributed by atoms with Gasteiger partial charge in [-0.25, -0.2) is 4.79 Å². The Morgan fingerprint density at radius 3 is 2.93 bits per heavy atom. The van der Waals surface area contributed by atoms with Crippen molar-refractivity contribution >= 4 is 17.7 Å². The van der Waals surface area contributed by atoms with Gasteiger partial charge in [0, 0.05) is 11.3 Å². The van der Waals surface area contributed by atoms with Crippen LogP contribution in [0.5, 0.6) is 0 Å². The van der Waals surface area contributed by atoms with Crippen molar-refractivity contribution in [1.82, 2.24) is 0 Å². The third kappa shape index (κ3) is 1.73. The second-order valence-corrected chi connectivity index (χ2v) is 3.58. The number of hydrogen-bond acceptors (Lipinski definition) is 3. The van der Waals surface area contributed by atoms with E-state index in [-0.39, 0.29) is 5.97 Å². The third-order valence-electron chi connectivity index (χ3n) is 2.67. The van der Waals surface area contributed by atoms with Crippen molar-refractivity contribution in [2.45, 2.75) is 12.8 Å².